The quantitative estimate of drug-likeness (QED) is 0.108. The van der Waals surface area contributed by atoms with Crippen LogP contribution in [0.2, 0.25) is 0 Å². The molecule has 0 radical (unpaired) electrons. The van der Waals surface area contributed by atoms with E-state index in [-0.39, 0.29) is 24.3 Å². The van der Waals surface area contributed by atoms with Gasteiger partial charge in [0.25, 0.3) is 0 Å². The van der Waals surface area contributed by atoms with Crippen molar-refractivity contribution in [3.8, 4) is 5.75 Å². The van der Waals surface area contributed by atoms with Crippen molar-refractivity contribution in [1.82, 2.24) is 16.0 Å². The van der Waals surface area contributed by atoms with E-state index in [4.69, 9.17) is 16.6 Å². The van der Waals surface area contributed by atoms with Gasteiger partial charge in [-0.2, -0.15) is 12.6 Å². The van der Waals surface area contributed by atoms with E-state index in [1.807, 2.05) is 0 Å². The highest BCUT2D eigenvalue weighted by Crippen LogP contribution is 2.12. The zero-order chi connectivity index (χ0) is 27.4. The summed E-state index contributed by atoms with van der Waals surface area (Å²) in [5.41, 5.74) is 11.2. The molecule has 0 spiro atoms. The fourth-order valence-electron chi connectivity index (χ4n) is 2.92. The average molecular weight is 528 g/mol. The SMILES string of the molecule is NC(=O)CC(NC(=O)C(CCC(=O)O)NC(=O)C(N)CS)C(=O)NC(Cc1ccc(O)cc1)C(=O)O. The number of carboxylic acid groups (broad SMARTS) is 2. The van der Waals surface area contributed by atoms with Crippen molar-refractivity contribution in [2.75, 3.05) is 5.75 Å². The molecule has 15 heteroatoms. The summed E-state index contributed by atoms with van der Waals surface area (Å²) in [5.74, 6) is -6.64. The second-order valence-corrected chi connectivity index (χ2v) is 8.15. The van der Waals surface area contributed by atoms with Crippen LogP contribution in [-0.2, 0) is 35.2 Å². The lowest BCUT2D eigenvalue weighted by Crippen LogP contribution is -2.58. The lowest BCUT2D eigenvalue weighted by Gasteiger charge is -2.24. The van der Waals surface area contributed by atoms with Gasteiger partial charge >= 0.3 is 11.9 Å². The number of aliphatic carboxylic acids is 2. The van der Waals surface area contributed by atoms with Gasteiger partial charge in [0.2, 0.25) is 23.6 Å². The van der Waals surface area contributed by atoms with E-state index < -0.39 is 72.6 Å². The monoisotopic (exact) mass is 527 g/mol. The Hall–Kier alpha value is -3.85. The lowest BCUT2D eigenvalue weighted by atomic mass is 10.0. The largest absolute Gasteiger partial charge is 0.508 e. The van der Waals surface area contributed by atoms with Gasteiger partial charge in [0.1, 0.15) is 23.9 Å². The maximum absolute atomic E-state index is 12.8. The first-order valence-corrected chi connectivity index (χ1v) is 11.3. The number of hydrogen-bond acceptors (Lipinski definition) is 9. The van der Waals surface area contributed by atoms with Crippen molar-refractivity contribution < 1.29 is 44.1 Å². The Morgan fingerprint density at radius 2 is 1.39 bits per heavy atom. The highest BCUT2D eigenvalue weighted by Gasteiger charge is 2.31. The van der Waals surface area contributed by atoms with Crippen molar-refractivity contribution in [3.63, 3.8) is 0 Å². The molecule has 4 amide bonds. The predicted molar refractivity (Wildman–Crippen MR) is 128 cm³/mol. The number of thiol groups is 1. The number of aromatic hydroxyl groups is 1. The van der Waals surface area contributed by atoms with Crippen LogP contribution in [0.3, 0.4) is 0 Å². The van der Waals surface area contributed by atoms with E-state index in [0.717, 1.165) is 0 Å². The van der Waals surface area contributed by atoms with Crippen molar-refractivity contribution in [3.05, 3.63) is 29.8 Å². The number of phenolic OH excluding ortho intramolecular Hbond substituents is 1. The number of carbonyl (C=O) groups is 6. The summed E-state index contributed by atoms with van der Waals surface area (Å²) < 4.78 is 0. The van der Waals surface area contributed by atoms with E-state index in [2.05, 4.69) is 28.6 Å². The van der Waals surface area contributed by atoms with Gasteiger partial charge in [-0.3, -0.25) is 24.0 Å². The van der Waals surface area contributed by atoms with Gasteiger partial charge in [-0.15, -0.1) is 0 Å². The Bertz CT molecular complexity index is 973. The Kier molecular flexibility index (Phi) is 12.2. The fourth-order valence-corrected chi connectivity index (χ4v) is 3.09. The summed E-state index contributed by atoms with van der Waals surface area (Å²) in [4.78, 5) is 71.8. The summed E-state index contributed by atoms with van der Waals surface area (Å²) in [6.45, 7) is 0. The second kappa shape index (κ2) is 14.5. The number of nitrogens with two attached hydrogens (primary N) is 2. The van der Waals surface area contributed by atoms with Crippen LogP contribution in [0.4, 0.5) is 0 Å². The molecule has 14 nitrogen and oxygen atoms in total. The zero-order valence-electron chi connectivity index (χ0n) is 19.0. The molecule has 0 aliphatic rings. The van der Waals surface area contributed by atoms with Crippen LogP contribution in [0.25, 0.3) is 0 Å². The number of primary amides is 1. The van der Waals surface area contributed by atoms with Gasteiger partial charge in [0, 0.05) is 18.6 Å². The number of amides is 4. The first-order chi connectivity index (χ1) is 16.8. The molecule has 198 valence electrons. The molecule has 1 aromatic carbocycles. The molecule has 0 heterocycles. The van der Waals surface area contributed by atoms with Gasteiger partial charge in [-0.1, -0.05) is 12.1 Å². The lowest BCUT2D eigenvalue weighted by molar-refractivity contribution is -0.142. The smallest absolute Gasteiger partial charge is 0.326 e. The maximum atomic E-state index is 12.8. The van der Waals surface area contributed by atoms with Crippen molar-refractivity contribution >= 4 is 48.2 Å². The molecule has 4 atom stereocenters. The third-order valence-corrected chi connectivity index (χ3v) is 5.24. The number of carboxylic acids is 2. The predicted octanol–water partition coefficient (Wildman–Crippen LogP) is -2.53. The number of benzene rings is 1. The maximum Gasteiger partial charge on any atom is 0.326 e. The topological polar surface area (TPSA) is 251 Å². The van der Waals surface area contributed by atoms with E-state index in [9.17, 15) is 39.0 Å². The first-order valence-electron chi connectivity index (χ1n) is 10.6. The van der Waals surface area contributed by atoms with Gasteiger partial charge in [-0.05, 0) is 24.1 Å². The molecule has 0 saturated carbocycles. The van der Waals surface area contributed by atoms with Crippen molar-refractivity contribution in [2.45, 2.75) is 49.9 Å². The zero-order valence-corrected chi connectivity index (χ0v) is 19.9. The third kappa shape index (κ3) is 10.6. The molecule has 4 unspecified atom stereocenters. The van der Waals surface area contributed by atoms with Crippen molar-refractivity contribution in [2.24, 2.45) is 11.5 Å². The Balaban J connectivity index is 3.03. The van der Waals surface area contributed by atoms with Crippen LogP contribution in [0.1, 0.15) is 24.8 Å². The minimum atomic E-state index is -1.63. The first kappa shape index (κ1) is 30.2. The minimum absolute atomic E-state index is 0.0428. The van der Waals surface area contributed by atoms with Crippen molar-refractivity contribution in [1.29, 1.82) is 0 Å². The summed E-state index contributed by atoms with van der Waals surface area (Å²) in [7, 11) is 0. The molecule has 0 aliphatic heterocycles. The van der Waals surface area contributed by atoms with E-state index in [0.29, 0.717) is 5.56 Å². The van der Waals surface area contributed by atoms with E-state index in [1.165, 1.54) is 24.3 Å². The van der Waals surface area contributed by atoms with Crippen LogP contribution in [0.5, 0.6) is 5.75 Å². The van der Waals surface area contributed by atoms with E-state index in [1.54, 1.807) is 0 Å². The van der Waals surface area contributed by atoms with Crippen LogP contribution >= 0.6 is 12.6 Å². The third-order valence-electron chi connectivity index (χ3n) is 4.84. The molecular weight excluding hydrogens is 498 g/mol. The van der Waals surface area contributed by atoms with Crippen LogP contribution in [-0.4, -0.2) is 80.8 Å². The molecule has 10 N–H and O–H groups in total. The highest BCUT2D eigenvalue weighted by atomic mass is 32.1. The highest BCUT2D eigenvalue weighted by molar-refractivity contribution is 7.80. The number of carbonyl (C=O) groups excluding carboxylic acids is 4. The molecule has 0 aliphatic carbocycles. The van der Waals surface area contributed by atoms with Gasteiger partial charge < -0.3 is 42.7 Å². The summed E-state index contributed by atoms with van der Waals surface area (Å²) in [6, 6.07) is -0.0696. The molecule has 0 fully saturated rings. The standard InChI is InChI=1S/C21H29N5O9S/c22-12(9-36)18(31)24-13(5-6-17(29)30)19(32)25-14(8-16(23)28)20(33)26-15(21(34)35)7-10-1-3-11(27)4-2-10/h1-4,12-15,27,36H,5-9,22H2,(H2,23,28)(H,24,31)(H,25,32)(H,26,33)(H,29,30)(H,34,35). The number of nitrogens with one attached hydrogen (secondary N) is 3. The Morgan fingerprint density at radius 3 is 1.89 bits per heavy atom. The van der Waals surface area contributed by atoms with E-state index >= 15 is 0 Å². The number of rotatable bonds is 15. The molecule has 36 heavy (non-hydrogen) atoms. The average Bonchev–Trinajstić information content (AvgIpc) is 2.80. The van der Waals surface area contributed by atoms with Gasteiger partial charge in [0.05, 0.1) is 12.5 Å². The number of phenols is 1. The molecule has 0 saturated heterocycles. The summed E-state index contributed by atoms with van der Waals surface area (Å²) in [6.07, 6.45) is -1.78. The summed E-state index contributed by atoms with van der Waals surface area (Å²) in [5, 5.41) is 34.5. The molecule has 0 bridgehead atoms. The molecule has 1 aromatic rings. The van der Waals surface area contributed by atoms with Crippen LogP contribution < -0.4 is 27.4 Å². The van der Waals surface area contributed by atoms with Gasteiger partial charge in [-0.25, -0.2) is 4.79 Å². The fraction of sp³-hybridized carbons (Fsp3) is 0.429. The van der Waals surface area contributed by atoms with Crippen LogP contribution in [0.15, 0.2) is 24.3 Å². The molecule has 0 aromatic heterocycles. The Morgan fingerprint density at radius 1 is 0.861 bits per heavy atom. The second-order valence-electron chi connectivity index (χ2n) is 7.78. The molecule has 1 rings (SSSR count). The summed E-state index contributed by atoms with van der Waals surface area (Å²) >= 11 is 3.88. The van der Waals surface area contributed by atoms with Crippen LogP contribution in [0, 0.1) is 0 Å². The minimum Gasteiger partial charge on any atom is -0.508 e. The van der Waals surface area contributed by atoms with Gasteiger partial charge in [0.15, 0.2) is 0 Å². The number of hydrogen-bond donors (Lipinski definition) is 9. The molecular formula is C21H29N5O9S. The Labute approximate surface area is 211 Å². The normalized spacial score (nSPS) is 13.9.